The molecule has 30 heavy (non-hydrogen) atoms. The van der Waals surface area contributed by atoms with E-state index in [0.717, 1.165) is 0 Å². The van der Waals surface area contributed by atoms with E-state index in [1.165, 1.54) is 46.2 Å². The highest BCUT2D eigenvalue weighted by Crippen LogP contribution is 2.32. The smallest absolute Gasteiger partial charge is 0.251 e. The van der Waals surface area contributed by atoms with Crippen molar-refractivity contribution in [1.29, 1.82) is 0 Å². The largest absolute Gasteiger partial charge is 0.466 e. The summed E-state index contributed by atoms with van der Waals surface area (Å²) in [5.41, 5.74) is -1.21. The van der Waals surface area contributed by atoms with Gasteiger partial charge in [-0.25, -0.2) is 8.42 Å². The van der Waals surface area contributed by atoms with Gasteiger partial charge in [-0.3, -0.25) is 4.79 Å². The maximum absolute atomic E-state index is 12.6. The van der Waals surface area contributed by atoms with Gasteiger partial charge in [-0.05, 0) is 47.8 Å². The van der Waals surface area contributed by atoms with E-state index in [9.17, 15) is 18.3 Å². The van der Waals surface area contributed by atoms with Gasteiger partial charge in [0.05, 0.1) is 17.7 Å². The molecule has 0 saturated heterocycles. The fraction of sp³-hybridized carbons (Fsp3) is 0.286. The molecule has 9 heteroatoms. The highest BCUT2D eigenvalue weighted by molar-refractivity contribution is 7.89. The zero-order chi connectivity index (χ0) is 21.8. The molecule has 1 atom stereocenters. The number of amides is 1. The molecule has 0 fully saturated rings. The Labute approximate surface area is 180 Å². The average molecular weight is 449 g/mol. The minimum Gasteiger partial charge on any atom is -0.466 e. The van der Waals surface area contributed by atoms with Gasteiger partial charge < -0.3 is 14.8 Å². The SMILES string of the molecule is CCN(CC)S(=O)(=O)c1ccc(C(=O)NC[C@@](O)(c2ccco2)c2cccs2)cc1. The van der Waals surface area contributed by atoms with Crippen molar-refractivity contribution in [1.82, 2.24) is 9.62 Å². The van der Waals surface area contributed by atoms with Gasteiger partial charge in [0.15, 0.2) is 5.60 Å². The van der Waals surface area contributed by atoms with Crippen molar-refractivity contribution < 1.29 is 22.7 Å². The summed E-state index contributed by atoms with van der Waals surface area (Å²) in [6.45, 7) is 4.19. The number of sulfonamides is 1. The van der Waals surface area contributed by atoms with Crippen molar-refractivity contribution >= 4 is 27.3 Å². The van der Waals surface area contributed by atoms with E-state index in [0.29, 0.717) is 29.3 Å². The maximum atomic E-state index is 12.6. The number of hydrogen-bond donors (Lipinski definition) is 2. The first-order valence-corrected chi connectivity index (χ1v) is 11.8. The molecule has 0 radical (unpaired) electrons. The molecule has 160 valence electrons. The Balaban J connectivity index is 1.76. The molecule has 0 saturated carbocycles. The minimum absolute atomic E-state index is 0.0979. The Morgan fingerprint density at radius 2 is 1.83 bits per heavy atom. The number of nitrogens with zero attached hydrogens (tertiary/aromatic N) is 1. The number of aliphatic hydroxyl groups is 1. The minimum atomic E-state index is -3.59. The molecule has 0 aliphatic heterocycles. The summed E-state index contributed by atoms with van der Waals surface area (Å²) in [7, 11) is -3.59. The van der Waals surface area contributed by atoms with Gasteiger partial charge >= 0.3 is 0 Å². The molecule has 0 bridgehead atoms. The molecule has 1 amide bonds. The van der Waals surface area contributed by atoms with E-state index in [-0.39, 0.29) is 11.4 Å². The number of benzene rings is 1. The Bertz CT molecular complexity index is 1020. The predicted octanol–water partition coefficient (Wildman–Crippen LogP) is 3.04. The third-order valence-electron chi connectivity index (χ3n) is 4.82. The van der Waals surface area contributed by atoms with E-state index in [2.05, 4.69) is 5.32 Å². The molecule has 0 spiro atoms. The number of rotatable bonds is 9. The zero-order valence-corrected chi connectivity index (χ0v) is 18.4. The van der Waals surface area contributed by atoms with Gasteiger partial charge in [-0.2, -0.15) is 4.31 Å². The van der Waals surface area contributed by atoms with E-state index in [1.54, 1.807) is 32.0 Å². The first-order chi connectivity index (χ1) is 14.3. The number of nitrogens with one attached hydrogen (secondary N) is 1. The number of carbonyl (C=O) groups excluding carboxylic acids is 1. The van der Waals surface area contributed by atoms with Crippen LogP contribution in [0, 0.1) is 0 Å². The highest BCUT2D eigenvalue weighted by Gasteiger charge is 2.36. The fourth-order valence-corrected chi connectivity index (χ4v) is 5.41. The highest BCUT2D eigenvalue weighted by atomic mass is 32.2. The molecular weight excluding hydrogens is 424 g/mol. The normalized spacial score (nSPS) is 13.9. The quantitative estimate of drug-likeness (QED) is 0.524. The second kappa shape index (κ2) is 9.13. The van der Waals surface area contributed by atoms with Crippen LogP contribution in [0.2, 0.25) is 0 Å². The van der Waals surface area contributed by atoms with Crippen molar-refractivity contribution in [3.05, 3.63) is 76.4 Å². The van der Waals surface area contributed by atoms with Crippen LogP contribution in [-0.2, 0) is 15.6 Å². The van der Waals surface area contributed by atoms with Crippen molar-refractivity contribution in [2.45, 2.75) is 24.3 Å². The van der Waals surface area contributed by atoms with Crippen LogP contribution >= 0.6 is 11.3 Å². The Kier molecular flexibility index (Phi) is 6.77. The molecule has 2 aromatic heterocycles. The van der Waals surface area contributed by atoms with Gasteiger partial charge in [0.25, 0.3) is 5.91 Å². The number of carbonyl (C=O) groups is 1. The molecule has 0 aliphatic carbocycles. The molecule has 1 aromatic carbocycles. The third-order valence-corrected chi connectivity index (χ3v) is 7.91. The molecule has 0 unspecified atom stereocenters. The lowest BCUT2D eigenvalue weighted by molar-refractivity contribution is 0.0554. The van der Waals surface area contributed by atoms with Crippen LogP contribution in [-0.4, -0.2) is 43.4 Å². The van der Waals surface area contributed by atoms with Crippen molar-refractivity contribution in [2.24, 2.45) is 0 Å². The summed E-state index contributed by atoms with van der Waals surface area (Å²) in [5.74, 6) is -0.103. The van der Waals surface area contributed by atoms with Crippen LogP contribution in [0.1, 0.15) is 34.8 Å². The predicted molar refractivity (Wildman–Crippen MR) is 115 cm³/mol. The average Bonchev–Trinajstić information content (AvgIpc) is 3.47. The maximum Gasteiger partial charge on any atom is 0.251 e. The second-order valence-electron chi connectivity index (χ2n) is 6.61. The Hall–Kier alpha value is -2.46. The van der Waals surface area contributed by atoms with Crippen molar-refractivity contribution in [3.8, 4) is 0 Å². The van der Waals surface area contributed by atoms with Crippen LogP contribution in [0.25, 0.3) is 0 Å². The molecule has 0 aliphatic rings. The van der Waals surface area contributed by atoms with Crippen LogP contribution in [0.5, 0.6) is 0 Å². The number of thiophene rings is 1. The fourth-order valence-electron chi connectivity index (χ4n) is 3.12. The van der Waals surface area contributed by atoms with Crippen LogP contribution < -0.4 is 5.32 Å². The number of hydrogen-bond acceptors (Lipinski definition) is 6. The molecule has 2 N–H and O–H groups in total. The summed E-state index contributed by atoms with van der Waals surface area (Å²) in [6.07, 6.45) is 1.46. The zero-order valence-electron chi connectivity index (χ0n) is 16.7. The van der Waals surface area contributed by atoms with E-state index < -0.39 is 21.5 Å². The molecule has 3 rings (SSSR count). The summed E-state index contributed by atoms with van der Waals surface area (Å²) >= 11 is 1.35. The molecule has 2 heterocycles. The van der Waals surface area contributed by atoms with Crippen LogP contribution in [0.3, 0.4) is 0 Å². The molecular formula is C21H24N2O5S2. The molecule has 3 aromatic rings. The van der Waals surface area contributed by atoms with E-state index in [4.69, 9.17) is 4.42 Å². The third kappa shape index (κ3) is 4.34. The van der Waals surface area contributed by atoms with E-state index >= 15 is 0 Å². The summed E-state index contributed by atoms with van der Waals surface area (Å²) in [6, 6.07) is 12.7. The van der Waals surface area contributed by atoms with Gasteiger partial charge in [-0.1, -0.05) is 19.9 Å². The monoisotopic (exact) mass is 448 g/mol. The van der Waals surface area contributed by atoms with Crippen molar-refractivity contribution in [2.75, 3.05) is 19.6 Å². The van der Waals surface area contributed by atoms with Crippen LogP contribution in [0.15, 0.2) is 69.5 Å². The lowest BCUT2D eigenvalue weighted by atomic mass is 9.98. The van der Waals surface area contributed by atoms with Gasteiger partial charge in [-0.15, -0.1) is 11.3 Å². The van der Waals surface area contributed by atoms with Crippen LogP contribution in [0.4, 0.5) is 0 Å². The standard InChI is InChI=1S/C21H24N2O5S2/c1-3-23(4-2)30(26,27)17-11-9-16(10-12-17)20(24)22-15-21(25,18-7-5-13-28-18)19-8-6-14-29-19/h5-14,25H,3-4,15H2,1-2H3,(H,22,24)/t21-/m1/s1. The lowest BCUT2D eigenvalue weighted by Gasteiger charge is -2.25. The van der Waals surface area contributed by atoms with Gasteiger partial charge in [0.2, 0.25) is 10.0 Å². The first-order valence-electron chi connectivity index (χ1n) is 9.51. The topological polar surface area (TPSA) is 99.9 Å². The van der Waals surface area contributed by atoms with Crippen molar-refractivity contribution in [3.63, 3.8) is 0 Å². The second-order valence-corrected chi connectivity index (χ2v) is 9.50. The molecule has 7 nitrogen and oxygen atoms in total. The Morgan fingerprint density at radius 3 is 2.37 bits per heavy atom. The lowest BCUT2D eigenvalue weighted by Crippen LogP contribution is -2.41. The summed E-state index contributed by atoms with van der Waals surface area (Å²) < 4.78 is 31.9. The summed E-state index contributed by atoms with van der Waals surface area (Å²) in [4.78, 5) is 13.4. The first kappa shape index (κ1) is 22.2. The number of furan rings is 1. The van der Waals surface area contributed by atoms with Gasteiger partial charge in [0, 0.05) is 23.5 Å². The van der Waals surface area contributed by atoms with E-state index in [1.807, 2.05) is 11.4 Å². The Morgan fingerprint density at radius 1 is 1.13 bits per heavy atom. The van der Waals surface area contributed by atoms with Gasteiger partial charge in [0.1, 0.15) is 5.76 Å². The summed E-state index contributed by atoms with van der Waals surface area (Å²) in [5, 5.41) is 15.8.